The zero-order valence-electron chi connectivity index (χ0n) is 22.3. The van der Waals surface area contributed by atoms with Crippen LogP contribution in [0.15, 0.2) is 24.3 Å². The summed E-state index contributed by atoms with van der Waals surface area (Å²) in [5.41, 5.74) is 2.74. The Balaban J connectivity index is 1.24. The number of aromatic nitrogens is 4. The van der Waals surface area contributed by atoms with E-state index in [9.17, 15) is 19.3 Å². The van der Waals surface area contributed by atoms with Crippen LogP contribution in [-0.2, 0) is 16.9 Å². The number of nitrogens with zero attached hydrogens (tertiary/aromatic N) is 5. The summed E-state index contributed by atoms with van der Waals surface area (Å²) in [6.45, 7) is 5.80. The third-order valence-electron chi connectivity index (χ3n) is 9.26. The third kappa shape index (κ3) is 4.33. The molecule has 0 radical (unpaired) electrons. The van der Waals surface area contributed by atoms with E-state index >= 15 is 0 Å². The maximum absolute atomic E-state index is 14.2. The van der Waals surface area contributed by atoms with Gasteiger partial charge in [-0.25, -0.2) is 4.39 Å². The molecule has 4 saturated carbocycles. The molecule has 0 aliphatic heterocycles. The summed E-state index contributed by atoms with van der Waals surface area (Å²) in [5.74, 6) is 0.255. The monoisotopic (exact) mass is 554 g/mol. The molecule has 1 amide bonds. The largest absolute Gasteiger partial charge is 0.408 e. The number of nitrogens with one attached hydrogen (secondary N) is 1. The molecule has 206 valence electrons. The van der Waals surface area contributed by atoms with E-state index < -0.39 is 4.92 Å². The Morgan fingerprint density at radius 1 is 1.15 bits per heavy atom. The quantitative estimate of drug-likeness (QED) is 0.281. The van der Waals surface area contributed by atoms with Gasteiger partial charge in [-0.05, 0) is 87.5 Å². The van der Waals surface area contributed by atoms with Gasteiger partial charge >= 0.3 is 5.82 Å². The Morgan fingerprint density at radius 2 is 1.85 bits per heavy atom. The average molecular weight is 555 g/mol. The molecule has 0 spiro atoms. The first kappa shape index (κ1) is 26.0. The maximum atomic E-state index is 14.2. The van der Waals surface area contributed by atoms with Crippen molar-refractivity contribution < 1.29 is 14.1 Å². The first-order valence-electron chi connectivity index (χ1n) is 13.5. The second-order valence-electron chi connectivity index (χ2n) is 12.1. The molecule has 4 aliphatic carbocycles. The van der Waals surface area contributed by atoms with Gasteiger partial charge in [-0.15, -0.1) is 0 Å². The van der Waals surface area contributed by atoms with E-state index in [1.807, 2.05) is 18.5 Å². The molecule has 2 aromatic heterocycles. The fourth-order valence-electron chi connectivity index (χ4n) is 8.25. The highest BCUT2D eigenvalue weighted by Crippen LogP contribution is 2.65. The van der Waals surface area contributed by atoms with Gasteiger partial charge in [0.1, 0.15) is 5.82 Å². The van der Waals surface area contributed by atoms with E-state index in [4.69, 9.17) is 11.6 Å². The minimum atomic E-state index is -0.521. The number of anilines is 1. The van der Waals surface area contributed by atoms with Crippen molar-refractivity contribution in [2.75, 3.05) is 5.32 Å². The van der Waals surface area contributed by atoms with E-state index in [2.05, 4.69) is 15.5 Å². The number of amides is 1. The van der Waals surface area contributed by atoms with Crippen LogP contribution in [0.25, 0.3) is 0 Å². The minimum Gasteiger partial charge on any atom is -0.358 e. The van der Waals surface area contributed by atoms with Crippen LogP contribution in [-0.4, -0.2) is 30.4 Å². The van der Waals surface area contributed by atoms with Gasteiger partial charge in [-0.2, -0.15) is 9.78 Å². The topological polar surface area (TPSA) is 108 Å². The fraction of sp³-hybridized carbons (Fsp3) is 0.536. The normalized spacial score (nSPS) is 27.2. The van der Waals surface area contributed by atoms with Crippen molar-refractivity contribution in [1.82, 2.24) is 19.6 Å². The maximum Gasteiger partial charge on any atom is 0.408 e. The van der Waals surface area contributed by atoms with Crippen molar-refractivity contribution >= 4 is 29.0 Å². The number of carbonyl (C=O) groups excluding carboxylic acids is 1. The van der Waals surface area contributed by atoms with Gasteiger partial charge in [0.25, 0.3) is 0 Å². The zero-order valence-corrected chi connectivity index (χ0v) is 23.1. The van der Waals surface area contributed by atoms with Gasteiger partial charge in [0, 0.05) is 12.0 Å². The van der Waals surface area contributed by atoms with E-state index in [0.29, 0.717) is 40.9 Å². The van der Waals surface area contributed by atoms with Crippen LogP contribution in [0.5, 0.6) is 0 Å². The van der Waals surface area contributed by atoms with Crippen molar-refractivity contribution in [3.63, 3.8) is 0 Å². The molecule has 4 bridgehead atoms. The van der Waals surface area contributed by atoms with Crippen LogP contribution in [0.1, 0.15) is 67.6 Å². The highest BCUT2D eigenvalue weighted by molar-refractivity contribution is 6.33. The van der Waals surface area contributed by atoms with Crippen LogP contribution in [0.3, 0.4) is 0 Å². The molecule has 0 saturated heterocycles. The number of halogens is 2. The van der Waals surface area contributed by atoms with E-state index in [0.717, 1.165) is 44.2 Å². The number of aryl methyl sites for hydroxylation is 1. The molecule has 1 N–H and O–H groups in total. The molecule has 9 nitrogen and oxygen atoms in total. The standard InChI is InChI=1S/C28H32ClFN6O3/c1-16-25(18(3)34(32-16)14-21-6-4-5-7-22(21)30)31-23(37)13-27-9-19-8-20(10-27)12-28(11-19,15-27)35-17(2)24(29)26(33-35)36(38)39/h4-7,19-20H,8-15H2,1-3H3,(H,31,37). The summed E-state index contributed by atoms with van der Waals surface area (Å²) in [4.78, 5) is 24.6. The predicted molar refractivity (Wildman–Crippen MR) is 144 cm³/mol. The molecule has 2 atom stereocenters. The van der Waals surface area contributed by atoms with Crippen molar-refractivity contribution in [3.05, 3.63) is 67.9 Å². The molecule has 2 unspecified atom stereocenters. The lowest BCUT2D eigenvalue weighted by Gasteiger charge is -2.61. The van der Waals surface area contributed by atoms with Gasteiger partial charge in [-0.3, -0.25) is 9.48 Å². The lowest BCUT2D eigenvalue weighted by atomic mass is 9.46. The Kier molecular flexibility index (Phi) is 6.09. The summed E-state index contributed by atoms with van der Waals surface area (Å²) in [6.07, 6.45) is 6.00. The molecule has 2 heterocycles. The molecular weight excluding hydrogens is 523 g/mol. The van der Waals surface area contributed by atoms with Crippen molar-refractivity contribution in [2.45, 2.75) is 77.8 Å². The van der Waals surface area contributed by atoms with Gasteiger partial charge in [-0.1, -0.05) is 29.8 Å². The Bertz CT molecular complexity index is 1480. The van der Waals surface area contributed by atoms with Gasteiger partial charge in [0.15, 0.2) is 5.02 Å². The van der Waals surface area contributed by atoms with Gasteiger partial charge < -0.3 is 15.4 Å². The molecule has 39 heavy (non-hydrogen) atoms. The number of hydrogen-bond donors (Lipinski definition) is 1. The average Bonchev–Trinajstić information content (AvgIpc) is 3.30. The molecule has 4 aliphatic rings. The van der Waals surface area contributed by atoms with E-state index in [1.54, 1.807) is 29.8 Å². The van der Waals surface area contributed by atoms with Crippen LogP contribution in [0, 0.1) is 54.0 Å². The Morgan fingerprint density at radius 3 is 2.49 bits per heavy atom. The van der Waals surface area contributed by atoms with Crippen LogP contribution in [0.4, 0.5) is 15.9 Å². The molecule has 4 fully saturated rings. The van der Waals surface area contributed by atoms with Crippen LogP contribution < -0.4 is 5.32 Å². The summed E-state index contributed by atoms with van der Waals surface area (Å²) in [5, 5.41) is 23.7. The summed E-state index contributed by atoms with van der Waals surface area (Å²) >= 11 is 6.33. The molecular formula is C28H32ClFN6O3. The summed E-state index contributed by atoms with van der Waals surface area (Å²) in [7, 11) is 0. The van der Waals surface area contributed by atoms with Gasteiger partial charge in [0.05, 0.1) is 40.0 Å². The second kappa shape index (κ2) is 9.15. The Labute approximate surface area is 230 Å². The van der Waals surface area contributed by atoms with Crippen LogP contribution in [0.2, 0.25) is 5.02 Å². The van der Waals surface area contributed by atoms with E-state index in [1.165, 1.54) is 6.07 Å². The van der Waals surface area contributed by atoms with Crippen molar-refractivity contribution in [1.29, 1.82) is 0 Å². The number of carbonyl (C=O) groups is 1. The Hall–Kier alpha value is -3.27. The molecule has 3 aromatic rings. The first-order chi connectivity index (χ1) is 18.5. The third-order valence-corrected chi connectivity index (χ3v) is 9.70. The number of nitro groups is 1. The van der Waals surface area contributed by atoms with E-state index in [-0.39, 0.29) is 40.1 Å². The summed E-state index contributed by atoms with van der Waals surface area (Å²) in [6, 6.07) is 6.61. The first-order valence-corrected chi connectivity index (χ1v) is 13.8. The molecule has 11 heteroatoms. The second-order valence-corrected chi connectivity index (χ2v) is 12.5. The number of benzene rings is 1. The molecule has 7 rings (SSSR count). The molecule has 1 aromatic carbocycles. The summed E-state index contributed by atoms with van der Waals surface area (Å²) < 4.78 is 17.8. The highest BCUT2D eigenvalue weighted by Gasteiger charge is 2.61. The van der Waals surface area contributed by atoms with Crippen molar-refractivity contribution in [3.8, 4) is 0 Å². The zero-order chi connectivity index (χ0) is 27.7. The minimum absolute atomic E-state index is 0.0649. The van der Waals surface area contributed by atoms with Crippen LogP contribution >= 0.6 is 11.6 Å². The number of hydrogen-bond acceptors (Lipinski definition) is 5. The van der Waals surface area contributed by atoms with Crippen molar-refractivity contribution in [2.24, 2.45) is 17.3 Å². The lowest BCUT2D eigenvalue weighted by Crippen LogP contribution is -2.57. The smallest absolute Gasteiger partial charge is 0.358 e. The fourth-order valence-corrected chi connectivity index (χ4v) is 8.43. The SMILES string of the molecule is Cc1nn(Cc2ccccc2F)c(C)c1NC(=O)CC12CC3CC(C1)CC(n1nc([N+](=O)[O-])c(Cl)c1C)(C3)C2. The predicted octanol–water partition coefficient (Wildman–Crippen LogP) is 6.08. The van der Waals surface area contributed by atoms with Gasteiger partial charge in [0.2, 0.25) is 5.91 Å². The number of rotatable bonds is 7. The highest BCUT2D eigenvalue weighted by atomic mass is 35.5. The lowest BCUT2D eigenvalue weighted by molar-refractivity contribution is -0.389.